The molecule has 0 unspecified atom stereocenters. The lowest BCUT2D eigenvalue weighted by atomic mass is 10.2. The third-order valence-electron chi connectivity index (χ3n) is 3.88. The summed E-state index contributed by atoms with van der Waals surface area (Å²) < 4.78 is 79.9. The predicted molar refractivity (Wildman–Crippen MR) is 81.1 cm³/mol. The lowest BCUT2D eigenvalue weighted by Crippen LogP contribution is -2.34. The fraction of sp³-hybridized carbons (Fsp3) is 0.267. The van der Waals surface area contributed by atoms with Crippen LogP contribution in [0.1, 0.15) is 21.7 Å². The highest BCUT2D eigenvalue weighted by molar-refractivity contribution is 5.88. The SMILES string of the molecule is Cc1cc(F)c(-c2nc3cc(C(F)(F)C(F)(F)F)nnc3n2C)nc1C(=O)O. The number of imidazole rings is 1. The van der Waals surface area contributed by atoms with Crippen LogP contribution in [-0.4, -0.2) is 42.0 Å². The van der Waals surface area contributed by atoms with Crippen molar-refractivity contribution < 1.29 is 36.2 Å². The van der Waals surface area contributed by atoms with Gasteiger partial charge in [-0.2, -0.15) is 22.0 Å². The molecule has 0 saturated heterocycles. The summed E-state index contributed by atoms with van der Waals surface area (Å²) in [7, 11) is 1.27. The van der Waals surface area contributed by atoms with Gasteiger partial charge in [-0.1, -0.05) is 0 Å². The molecule has 13 heteroatoms. The van der Waals surface area contributed by atoms with Crippen LogP contribution in [0, 0.1) is 12.7 Å². The van der Waals surface area contributed by atoms with Gasteiger partial charge in [-0.3, -0.25) is 0 Å². The second kappa shape index (κ2) is 6.14. The number of hydrogen-bond acceptors (Lipinski definition) is 5. The van der Waals surface area contributed by atoms with E-state index >= 15 is 0 Å². The molecule has 3 rings (SSSR count). The molecule has 0 radical (unpaired) electrons. The summed E-state index contributed by atoms with van der Waals surface area (Å²) in [5.74, 6) is -7.99. The van der Waals surface area contributed by atoms with Crippen LogP contribution in [0.4, 0.5) is 26.3 Å². The molecule has 0 saturated carbocycles. The van der Waals surface area contributed by atoms with Crippen LogP contribution in [-0.2, 0) is 13.0 Å². The number of rotatable bonds is 3. The molecule has 3 aromatic rings. The molecule has 0 amide bonds. The average Bonchev–Trinajstić information content (AvgIpc) is 2.89. The van der Waals surface area contributed by atoms with Gasteiger partial charge in [-0.15, -0.1) is 10.2 Å². The molecular formula is C15H9F6N5O2. The number of aromatic nitrogens is 5. The zero-order chi connectivity index (χ0) is 21.0. The zero-order valence-corrected chi connectivity index (χ0v) is 14.0. The molecule has 148 valence electrons. The van der Waals surface area contributed by atoms with E-state index in [4.69, 9.17) is 5.11 Å². The quantitative estimate of drug-likeness (QED) is 0.673. The number of fused-ring (bicyclic) bond motifs is 1. The molecule has 0 aliphatic carbocycles. The Hall–Kier alpha value is -3.25. The van der Waals surface area contributed by atoms with Crippen molar-refractivity contribution in [1.82, 2.24) is 24.7 Å². The standard InChI is InChI=1S/C15H9F6N5O2/c1-5-3-6(16)10(23-9(5)13(27)28)12-22-7-4-8(14(17,18)15(19,20)21)24-25-11(7)26(12)2/h3-4H,1-2H3,(H,27,28). The first-order valence-corrected chi connectivity index (χ1v) is 7.40. The number of carboxylic acid groups (broad SMARTS) is 1. The van der Waals surface area contributed by atoms with Gasteiger partial charge < -0.3 is 9.67 Å². The molecule has 1 N–H and O–H groups in total. The van der Waals surface area contributed by atoms with E-state index in [0.717, 1.165) is 10.6 Å². The summed E-state index contributed by atoms with van der Waals surface area (Å²) in [4.78, 5) is 18.7. The molecule has 0 spiro atoms. The molecule has 0 fully saturated rings. The van der Waals surface area contributed by atoms with Gasteiger partial charge in [0, 0.05) is 7.05 Å². The van der Waals surface area contributed by atoms with Crippen molar-refractivity contribution in [2.75, 3.05) is 0 Å². The summed E-state index contributed by atoms with van der Waals surface area (Å²) in [5.41, 5.74) is -3.31. The van der Waals surface area contributed by atoms with Gasteiger partial charge in [0.2, 0.25) is 0 Å². The van der Waals surface area contributed by atoms with Gasteiger partial charge in [0.05, 0.1) is 0 Å². The molecule has 28 heavy (non-hydrogen) atoms. The number of carboxylic acids is 1. The Bertz CT molecular complexity index is 1110. The summed E-state index contributed by atoms with van der Waals surface area (Å²) in [6, 6.07) is 1.27. The Labute approximate surface area is 151 Å². The fourth-order valence-electron chi connectivity index (χ4n) is 2.45. The number of carbonyl (C=O) groups is 1. The Kier molecular flexibility index (Phi) is 4.28. The fourth-order valence-corrected chi connectivity index (χ4v) is 2.45. The normalized spacial score (nSPS) is 12.6. The Morgan fingerprint density at radius 1 is 1.11 bits per heavy atom. The van der Waals surface area contributed by atoms with E-state index in [-0.39, 0.29) is 17.0 Å². The van der Waals surface area contributed by atoms with Crippen molar-refractivity contribution in [3.8, 4) is 11.5 Å². The molecular weight excluding hydrogens is 396 g/mol. The van der Waals surface area contributed by atoms with Gasteiger partial charge in [0.25, 0.3) is 0 Å². The van der Waals surface area contributed by atoms with Crippen LogP contribution in [0.2, 0.25) is 0 Å². The highest BCUT2D eigenvalue weighted by atomic mass is 19.4. The number of halogens is 6. The Morgan fingerprint density at radius 2 is 1.75 bits per heavy atom. The topological polar surface area (TPSA) is 93.8 Å². The van der Waals surface area contributed by atoms with Crippen LogP contribution in [0.3, 0.4) is 0 Å². The Morgan fingerprint density at radius 3 is 2.32 bits per heavy atom. The van der Waals surface area contributed by atoms with Crippen molar-refractivity contribution in [2.24, 2.45) is 7.05 Å². The Balaban J connectivity index is 2.22. The van der Waals surface area contributed by atoms with Crippen LogP contribution >= 0.6 is 0 Å². The van der Waals surface area contributed by atoms with E-state index in [9.17, 15) is 31.1 Å². The molecule has 0 aliphatic rings. The predicted octanol–water partition coefficient (Wildman–Crippen LogP) is 3.23. The minimum atomic E-state index is -5.89. The van der Waals surface area contributed by atoms with E-state index in [1.807, 2.05) is 0 Å². The van der Waals surface area contributed by atoms with E-state index in [1.165, 1.54) is 14.0 Å². The highest BCUT2D eigenvalue weighted by Crippen LogP contribution is 2.43. The number of nitrogens with zero attached hydrogens (tertiary/aromatic N) is 5. The second-order valence-electron chi connectivity index (χ2n) is 5.79. The minimum absolute atomic E-state index is 0.0272. The van der Waals surface area contributed by atoms with Gasteiger partial charge in [-0.05, 0) is 24.6 Å². The summed E-state index contributed by atoms with van der Waals surface area (Å²) in [6.45, 7) is 1.31. The van der Waals surface area contributed by atoms with Crippen LogP contribution in [0.25, 0.3) is 22.7 Å². The summed E-state index contributed by atoms with van der Waals surface area (Å²) in [5, 5.41) is 15.3. The van der Waals surface area contributed by atoms with Gasteiger partial charge in [0.1, 0.15) is 16.9 Å². The first kappa shape index (κ1) is 19.5. The van der Waals surface area contributed by atoms with Crippen LogP contribution < -0.4 is 0 Å². The van der Waals surface area contributed by atoms with E-state index in [0.29, 0.717) is 6.07 Å². The van der Waals surface area contributed by atoms with Gasteiger partial charge in [-0.25, -0.2) is 19.2 Å². The van der Waals surface area contributed by atoms with Crippen molar-refractivity contribution in [3.05, 3.63) is 34.9 Å². The smallest absolute Gasteiger partial charge is 0.459 e. The second-order valence-corrected chi connectivity index (χ2v) is 5.79. The summed E-state index contributed by atoms with van der Waals surface area (Å²) in [6.07, 6.45) is -5.89. The molecule has 3 aromatic heterocycles. The maximum atomic E-state index is 14.3. The number of hydrogen-bond donors (Lipinski definition) is 1. The average molecular weight is 405 g/mol. The van der Waals surface area contributed by atoms with E-state index < -0.39 is 46.5 Å². The van der Waals surface area contributed by atoms with Crippen molar-refractivity contribution in [3.63, 3.8) is 0 Å². The molecule has 0 aromatic carbocycles. The van der Waals surface area contributed by atoms with Crippen LogP contribution in [0.15, 0.2) is 12.1 Å². The number of aryl methyl sites for hydroxylation is 2. The lowest BCUT2D eigenvalue weighted by molar-refractivity contribution is -0.291. The van der Waals surface area contributed by atoms with E-state index in [1.54, 1.807) is 0 Å². The lowest BCUT2D eigenvalue weighted by Gasteiger charge is -2.17. The van der Waals surface area contributed by atoms with Crippen molar-refractivity contribution in [1.29, 1.82) is 0 Å². The molecule has 0 atom stereocenters. The maximum Gasteiger partial charge on any atom is 0.459 e. The molecule has 3 heterocycles. The number of pyridine rings is 1. The summed E-state index contributed by atoms with van der Waals surface area (Å²) >= 11 is 0. The highest BCUT2D eigenvalue weighted by Gasteiger charge is 2.60. The van der Waals surface area contributed by atoms with Crippen molar-refractivity contribution >= 4 is 17.1 Å². The third-order valence-corrected chi connectivity index (χ3v) is 3.88. The third kappa shape index (κ3) is 2.92. The first-order chi connectivity index (χ1) is 12.8. The largest absolute Gasteiger partial charge is 0.477 e. The molecule has 0 aliphatic heterocycles. The monoisotopic (exact) mass is 405 g/mol. The number of alkyl halides is 5. The minimum Gasteiger partial charge on any atom is -0.477 e. The molecule has 7 nitrogen and oxygen atoms in total. The van der Waals surface area contributed by atoms with E-state index in [2.05, 4.69) is 20.2 Å². The van der Waals surface area contributed by atoms with Crippen LogP contribution in [0.5, 0.6) is 0 Å². The van der Waals surface area contributed by atoms with Gasteiger partial charge in [0.15, 0.2) is 23.0 Å². The zero-order valence-electron chi connectivity index (χ0n) is 14.0. The maximum absolute atomic E-state index is 14.3. The molecule has 0 bridgehead atoms. The number of aromatic carboxylic acids is 1. The van der Waals surface area contributed by atoms with Crippen molar-refractivity contribution in [2.45, 2.75) is 19.0 Å². The van der Waals surface area contributed by atoms with Gasteiger partial charge >= 0.3 is 18.1 Å². The first-order valence-electron chi connectivity index (χ1n) is 7.40.